The molecule has 4 nitrogen and oxygen atoms in total. The zero-order valence-corrected chi connectivity index (χ0v) is 6.33. The molecule has 4 heteroatoms. The number of ether oxygens (including phenoxy) is 1. The Bertz CT molecular complexity index is 103. The summed E-state index contributed by atoms with van der Waals surface area (Å²) < 4.78 is 4.57. The lowest BCUT2D eigenvalue weighted by molar-refractivity contribution is -0.145. The van der Waals surface area contributed by atoms with Gasteiger partial charge in [0.25, 0.3) is 0 Å². The molecule has 10 heavy (non-hydrogen) atoms. The summed E-state index contributed by atoms with van der Waals surface area (Å²) in [5, 5.41) is 8.26. The van der Waals surface area contributed by atoms with E-state index >= 15 is 0 Å². The van der Waals surface area contributed by atoms with Crippen molar-refractivity contribution in [1.29, 1.82) is 0 Å². The largest absolute Gasteiger partial charge is 0.462 e. The molecule has 0 aromatic heterocycles. The van der Waals surface area contributed by atoms with Gasteiger partial charge in [0, 0.05) is 0 Å². The van der Waals surface area contributed by atoms with Crippen molar-refractivity contribution in [3.05, 3.63) is 0 Å². The van der Waals surface area contributed by atoms with E-state index < -0.39 is 0 Å². The van der Waals surface area contributed by atoms with Crippen LogP contribution in [0.5, 0.6) is 0 Å². The standard InChI is InChI=1S/C6H13NO3/c1-7(2)5-6(9)10-4-3-8/h8H,3-5H2,1-2H3. The van der Waals surface area contributed by atoms with Gasteiger partial charge in [-0.3, -0.25) is 9.69 Å². The van der Waals surface area contributed by atoms with Crippen molar-refractivity contribution in [1.82, 2.24) is 4.90 Å². The van der Waals surface area contributed by atoms with E-state index in [4.69, 9.17) is 5.11 Å². The highest BCUT2D eigenvalue weighted by atomic mass is 16.5. The van der Waals surface area contributed by atoms with E-state index in [0.29, 0.717) is 0 Å². The second-order valence-electron chi connectivity index (χ2n) is 2.18. The number of carbonyl (C=O) groups is 1. The number of likely N-dealkylation sites (N-methyl/N-ethyl adjacent to an activating group) is 1. The van der Waals surface area contributed by atoms with Crippen LogP contribution in [0.15, 0.2) is 0 Å². The van der Waals surface area contributed by atoms with Crippen LogP contribution in [-0.2, 0) is 9.53 Å². The fraction of sp³-hybridized carbons (Fsp3) is 0.833. The van der Waals surface area contributed by atoms with Crippen molar-refractivity contribution in [3.8, 4) is 0 Å². The van der Waals surface area contributed by atoms with E-state index in [2.05, 4.69) is 4.74 Å². The van der Waals surface area contributed by atoms with Crippen LogP contribution in [0.25, 0.3) is 0 Å². The Labute approximate surface area is 60.4 Å². The Morgan fingerprint density at radius 1 is 1.60 bits per heavy atom. The molecule has 1 N–H and O–H groups in total. The number of hydrogen-bond acceptors (Lipinski definition) is 4. The normalized spacial score (nSPS) is 10.0. The van der Waals surface area contributed by atoms with Gasteiger partial charge >= 0.3 is 5.97 Å². The van der Waals surface area contributed by atoms with Gasteiger partial charge < -0.3 is 9.84 Å². The van der Waals surface area contributed by atoms with Crippen molar-refractivity contribution < 1.29 is 14.6 Å². The van der Waals surface area contributed by atoms with Crippen molar-refractivity contribution in [2.75, 3.05) is 33.9 Å². The van der Waals surface area contributed by atoms with Gasteiger partial charge in [0.15, 0.2) is 0 Å². The quantitative estimate of drug-likeness (QED) is 0.523. The summed E-state index contributed by atoms with van der Waals surface area (Å²) >= 11 is 0. The van der Waals surface area contributed by atoms with Gasteiger partial charge in [-0.15, -0.1) is 0 Å². The highest BCUT2D eigenvalue weighted by molar-refractivity contribution is 5.71. The summed E-state index contributed by atoms with van der Waals surface area (Å²) in [4.78, 5) is 12.3. The molecule has 60 valence electrons. The number of rotatable bonds is 4. The van der Waals surface area contributed by atoms with Crippen LogP contribution in [-0.4, -0.2) is 49.8 Å². The van der Waals surface area contributed by atoms with Crippen molar-refractivity contribution in [2.24, 2.45) is 0 Å². The van der Waals surface area contributed by atoms with E-state index in [1.807, 2.05) is 0 Å². The lowest BCUT2D eigenvalue weighted by Gasteiger charge is -2.07. The fourth-order valence-electron chi connectivity index (χ4n) is 0.463. The predicted octanol–water partition coefficient (Wildman–Crippen LogP) is -0.917. The highest BCUT2D eigenvalue weighted by Crippen LogP contribution is 1.80. The Kier molecular flexibility index (Phi) is 4.88. The second kappa shape index (κ2) is 5.20. The molecule has 0 aliphatic carbocycles. The number of aliphatic hydroxyl groups excluding tert-OH is 1. The minimum Gasteiger partial charge on any atom is -0.462 e. The molecule has 0 aliphatic rings. The van der Waals surface area contributed by atoms with Gasteiger partial charge in [-0.25, -0.2) is 0 Å². The van der Waals surface area contributed by atoms with Crippen LogP contribution in [0.2, 0.25) is 0 Å². The fourth-order valence-corrected chi connectivity index (χ4v) is 0.463. The zero-order valence-electron chi connectivity index (χ0n) is 6.33. The molecular weight excluding hydrogens is 134 g/mol. The van der Waals surface area contributed by atoms with E-state index in [1.54, 1.807) is 19.0 Å². The van der Waals surface area contributed by atoms with Gasteiger partial charge in [0.2, 0.25) is 0 Å². The summed E-state index contributed by atoms with van der Waals surface area (Å²) in [6.07, 6.45) is 0. The molecule has 0 atom stereocenters. The molecule has 0 fully saturated rings. The van der Waals surface area contributed by atoms with Crippen LogP contribution in [0.3, 0.4) is 0 Å². The molecule has 0 radical (unpaired) electrons. The lowest BCUT2D eigenvalue weighted by atomic mass is 10.6. The summed E-state index contributed by atoms with van der Waals surface area (Å²) in [7, 11) is 3.56. The maximum absolute atomic E-state index is 10.6. The Morgan fingerprint density at radius 2 is 2.20 bits per heavy atom. The molecule has 0 saturated heterocycles. The first-order chi connectivity index (χ1) is 4.66. The molecule has 0 rings (SSSR count). The minimum atomic E-state index is -0.306. The van der Waals surface area contributed by atoms with Gasteiger partial charge in [-0.1, -0.05) is 0 Å². The lowest BCUT2D eigenvalue weighted by Crippen LogP contribution is -2.24. The van der Waals surface area contributed by atoms with E-state index in [1.165, 1.54) is 0 Å². The van der Waals surface area contributed by atoms with Gasteiger partial charge in [0.05, 0.1) is 13.2 Å². The van der Waals surface area contributed by atoms with Crippen molar-refractivity contribution in [3.63, 3.8) is 0 Å². The molecule has 0 aliphatic heterocycles. The third-order valence-electron chi connectivity index (χ3n) is 0.800. The molecule has 0 amide bonds. The molecule has 0 saturated carbocycles. The molecule has 0 heterocycles. The van der Waals surface area contributed by atoms with E-state index in [0.717, 1.165) is 0 Å². The van der Waals surface area contributed by atoms with E-state index in [-0.39, 0.29) is 25.7 Å². The van der Waals surface area contributed by atoms with Crippen LogP contribution < -0.4 is 0 Å². The summed E-state index contributed by atoms with van der Waals surface area (Å²) in [6.45, 7) is 0.242. The Balaban J connectivity index is 3.26. The number of aliphatic hydroxyl groups is 1. The van der Waals surface area contributed by atoms with Crippen LogP contribution >= 0.6 is 0 Å². The molecule has 0 unspecified atom stereocenters. The maximum Gasteiger partial charge on any atom is 0.320 e. The first-order valence-corrected chi connectivity index (χ1v) is 3.08. The molecule has 0 aromatic carbocycles. The second-order valence-corrected chi connectivity index (χ2v) is 2.18. The van der Waals surface area contributed by atoms with Crippen molar-refractivity contribution in [2.45, 2.75) is 0 Å². The van der Waals surface area contributed by atoms with Crippen LogP contribution in [0.4, 0.5) is 0 Å². The van der Waals surface area contributed by atoms with Gasteiger partial charge in [-0.05, 0) is 14.1 Å². The summed E-state index contributed by atoms with van der Waals surface area (Å²) in [6, 6.07) is 0. The third-order valence-corrected chi connectivity index (χ3v) is 0.800. The average molecular weight is 147 g/mol. The molecule has 0 bridgehead atoms. The Morgan fingerprint density at radius 3 is 2.60 bits per heavy atom. The first-order valence-electron chi connectivity index (χ1n) is 3.08. The predicted molar refractivity (Wildman–Crippen MR) is 36.6 cm³/mol. The first kappa shape index (κ1) is 9.39. The number of esters is 1. The topological polar surface area (TPSA) is 49.8 Å². The number of hydrogen-bond donors (Lipinski definition) is 1. The van der Waals surface area contributed by atoms with Gasteiger partial charge in [0.1, 0.15) is 6.61 Å². The van der Waals surface area contributed by atoms with Crippen LogP contribution in [0.1, 0.15) is 0 Å². The van der Waals surface area contributed by atoms with Crippen molar-refractivity contribution >= 4 is 5.97 Å². The maximum atomic E-state index is 10.6. The van der Waals surface area contributed by atoms with Crippen LogP contribution in [0, 0.1) is 0 Å². The third kappa shape index (κ3) is 5.53. The monoisotopic (exact) mass is 147 g/mol. The minimum absolute atomic E-state index is 0.0900. The van der Waals surface area contributed by atoms with E-state index in [9.17, 15) is 4.79 Å². The molecule has 0 spiro atoms. The molecular formula is C6H13NO3. The SMILES string of the molecule is CN(C)CC(=O)OCCO. The molecule has 0 aromatic rings. The smallest absolute Gasteiger partial charge is 0.320 e. The number of nitrogens with zero attached hydrogens (tertiary/aromatic N) is 1. The average Bonchev–Trinajstić information content (AvgIpc) is 1.82. The zero-order chi connectivity index (χ0) is 7.98. The Hall–Kier alpha value is -0.610. The van der Waals surface area contributed by atoms with Gasteiger partial charge in [-0.2, -0.15) is 0 Å². The summed E-state index contributed by atoms with van der Waals surface area (Å²) in [5.74, 6) is -0.306. The summed E-state index contributed by atoms with van der Waals surface area (Å²) in [5.41, 5.74) is 0. The number of carbonyl (C=O) groups excluding carboxylic acids is 1. The highest BCUT2D eigenvalue weighted by Gasteiger charge is 2.01.